The maximum absolute atomic E-state index is 13.2. The first-order valence-electron chi connectivity index (χ1n) is 7.73. The molecule has 1 aromatic carbocycles. The van der Waals surface area contributed by atoms with E-state index in [-0.39, 0.29) is 11.6 Å². The third-order valence-electron chi connectivity index (χ3n) is 3.77. The zero-order valence-electron chi connectivity index (χ0n) is 14.3. The number of thioether (sulfide) groups is 1. The summed E-state index contributed by atoms with van der Waals surface area (Å²) in [5.41, 5.74) is 1.01. The zero-order valence-corrected chi connectivity index (χ0v) is 15.1. The van der Waals surface area contributed by atoms with E-state index in [9.17, 15) is 13.6 Å². The summed E-state index contributed by atoms with van der Waals surface area (Å²) in [6, 6.07) is 5.00. The third kappa shape index (κ3) is 3.62. The lowest BCUT2D eigenvalue weighted by atomic mass is 10.2. The Labute approximate surface area is 152 Å². The van der Waals surface area contributed by atoms with Crippen molar-refractivity contribution in [3.05, 3.63) is 47.9 Å². The topological polar surface area (TPSA) is 72.9 Å². The predicted molar refractivity (Wildman–Crippen MR) is 93.7 cm³/mol. The molecule has 26 heavy (non-hydrogen) atoms. The molecule has 136 valence electrons. The first-order chi connectivity index (χ1) is 12.4. The summed E-state index contributed by atoms with van der Waals surface area (Å²) in [5, 5.41) is 10.8. The summed E-state index contributed by atoms with van der Waals surface area (Å²) < 4.78 is 33.2. The third-order valence-corrected chi connectivity index (χ3v) is 4.91. The van der Waals surface area contributed by atoms with E-state index < -0.39 is 16.9 Å². The second kappa shape index (κ2) is 7.28. The summed E-state index contributed by atoms with van der Waals surface area (Å²) in [6.45, 7) is 3.52. The number of aryl methyl sites for hydroxylation is 1. The van der Waals surface area contributed by atoms with E-state index in [1.165, 1.54) is 17.8 Å². The Hall–Kier alpha value is -2.68. The smallest absolute Gasteiger partial charge is 0.237 e. The van der Waals surface area contributed by atoms with Gasteiger partial charge in [-0.3, -0.25) is 4.79 Å². The molecule has 1 amide bonds. The van der Waals surface area contributed by atoms with Crippen LogP contribution >= 0.6 is 11.8 Å². The van der Waals surface area contributed by atoms with Crippen LogP contribution in [0.5, 0.6) is 0 Å². The highest BCUT2D eigenvalue weighted by molar-refractivity contribution is 8.00. The fraction of sp³-hybridized carbons (Fsp3) is 0.235. The van der Waals surface area contributed by atoms with Crippen molar-refractivity contribution in [1.82, 2.24) is 14.8 Å². The molecule has 0 spiro atoms. The number of nitrogens with one attached hydrogen (secondary N) is 1. The van der Waals surface area contributed by atoms with Gasteiger partial charge in [-0.2, -0.15) is 0 Å². The van der Waals surface area contributed by atoms with Gasteiger partial charge in [0, 0.05) is 18.8 Å². The number of halogens is 2. The van der Waals surface area contributed by atoms with Crippen molar-refractivity contribution in [3.63, 3.8) is 0 Å². The van der Waals surface area contributed by atoms with Gasteiger partial charge in [-0.1, -0.05) is 11.8 Å². The molecule has 0 fully saturated rings. The quantitative estimate of drug-likeness (QED) is 0.684. The number of nitrogens with zero attached hydrogens (tertiary/aromatic N) is 3. The van der Waals surface area contributed by atoms with Crippen molar-refractivity contribution in [2.45, 2.75) is 24.3 Å². The van der Waals surface area contributed by atoms with Crippen LogP contribution in [0.3, 0.4) is 0 Å². The number of hydrogen-bond acceptors (Lipinski definition) is 5. The molecular weight excluding hydrogens is 362 g/mol. The number of aromatic nitrogens is 3. The van der Waals surface area contributed by atoms with Gasteiger partial charge in [0.2, 0.25) is 5.91 Å². The van der Waals surface area contributed by atoms with Crippen LogP contribution in [0, 0.1) is 18.6 Å². The number of carbonyl (C=O) groups is 1. The van der Waals surface area contributed by atoms with Gasteiger partial charge in [-0.25, -0.2) is 8.78 Å². The molecule has 1 N–H and O–H groups in total. The molecule has 3 rings (SSSR count). The van der Waals surface area contributed by atoms with Crippen LogP contribution in [-0.2, 0) is 11.8 Å². The molecular formula is C17H16F2N4O2S. The van der Waals surface area contributed by atoms with Gasteiger partial charge < -0.3 is 14.3 Å². The highest BCUT2D eigenvalue weighted by Gasteiger charge is 2.21. The normalized spacial score (nSPS) is 12.2. The average Bonchev–Trinajstić information content (AvgIpc) is 3.17. The Morgan fingerprint density at radius 2 is 2.04 bits per heavy atom. The van der Waals surface area contributed by atoms with E-state index in [4.69, 9.17) is 4.42 Å². The fourth-order valence-corrected chi connectivity index (χ4v) is 3.11. The standard InChI is InChI=1S/C17H16F2N4O2S/c1-9-12(6-7-25-9)15-21-22-17(23(15)3)26-10(2)16(24)20-11-4-5-13(18)14(19)8-11/h4-8,10H,1-3H3,(H,20,24). The van der Waals surface area contributed by atoms with E-state index in [1.54, 1.807) is 30.9 Å². The number of rotatable bonds is 5. The first-order valence-corrected chi connectivity index (χ1v) is 8.61. The highest BCUT2D eigenvalue weighted by atomic mass is 32.2. The second-order valence-corrected chi connectivity index (χ2v) is 6.94. The van der Waals surface area contributed by atoms with Gasteiger partial charge >= 0.3 is 0 Å². The minimum atomic E-state index is -1.02. The number of carbonyl (C=O) groups excluding carboxylic acids is 1. The van der Waals surface area contributed by atoms with Crippen LogP contribution in [0.4, 0.5) is 14.5 Å². The van der Waals surface area contributed by atoms with Crippen molar-refractivity contribution in [1.29, 1.82) is 0 Å². The van der Waals surface area contributed by atoms with Gasteiger partial charge in [0.25, 0.3) is 0 Å². The molecule has 6 nitrogen and oxygen atoms in total. The minimum absolute atomic E-state index is 0.189. The largest absolute Gasteiger partial charge is 0.469 e. The molecule has 0 saturated carbocycles. The lowest BCUT2D eigenvalue weighted by molar-refractivity contribution is -0.115. The van der Waals surface area contributed by atoms with Crippen LogP contribution in [0.1, 0.15) is 12.7 Å². The van der Waals surface area contributed by atoms with Crippen LogP contribution in [0.15, 0.2) is 40.1 Å². The van der Waals surface area contributed by atoms with E-state index in [0.29, 0.717) is 11.0 Å². The van der Waals surface area contributed by atoms with Crippen molar-refractivity contribution < 1.29 is 18.0 Å². The van der Waals surface area contributed by atoms with E-state index in [2.05, 4.69) is 15.5 Å². The van der Waals surface area contributed by atoms with Gasteiger partial charge in [0.1, 0.15) is 5.76 Å². The summed E-state index contributed by atoms with van der Waals surface area (Å²) in [6.07, 6.45) is 1.57. The maximum atomic E-state index is 13.2. The van der Waals surface area contributed by atoms with E-state index >= 15 is 0 Å². The van der Waals surface area contributed by atoms with Crippen LogP contribution < -0.4 is 5.32 Å². The number of furan rings is 1. The molecule has 0 bridgehead atoms. The van der Waals surface area contributed by atoms with Gasteiger partial charge in [0.05, 0.1) is 17.1 Å². The predicted octanol–water partition coefficient (Wildman–Crippen LogP) is 3.78. The van der Waals surface area contributed by atoms with Crippen molar-refractivity contribution in [2.24, 2.45) is 7.05 Å². The molecule has 2 heterocycles. The molecule has 0 saturated heterocycles. The number of hydrogen-bond donors (Lipinski definition) is 1. The van der Waals surface area contributed by atoms with Gasteiger partial charge in [0.15, 0.2) is 22.6 Å². The lowest BCUT2D eigenvalue weighted by Crippen LogP contribution is -2.23. The Balaban J connectivity index is 1.70. The lowest BCUT2D eigenvalue weighted by Gasteiger charge is -2.12. The Morgan fingerprint density at radius 1 is 1.27 bits per heavy atom. The highest BCUT2D eigenvalue weighted by Crippen LogP contribution is 2.28. The molecule has 0 radical (unpaired) electrons. The number of benzene rings is 1. The van der Waals surface area contributed by atoms with Crippen molar-refractivity contribution in [3.8, 4) is 11.4 Å². The molecule has 0 aliphatic heterocycles. The molecule has 2 aromatic heterocycles. The minimum Gasteiger partial charge on any atom is -0.469 e. The van der Waals surface area contributed by atoms with E-state index in [0.717, 1.165) is 23.5 Å². The van der Waals surface area contributed by atoms with Crippen LogP contribution in [0.25, 0.3) is 11.4 Å². The molecule has 1 atom stereocenters. The number of anilines is 1. The van der Waals surface area contributed by atoms with Gasteiger partial charge in [-0.15, -0.1) is 10.2 Å². The summed E-state index contributed by atoms with van der Waals surface area (Å²) in [5.74, 6) is -0.985. The van der Waals surface area contributed by atoms with Crippen LogP contribution in [-0.4, -0.2) is 25.9 Å². The zero-order chi connectivity index (χ0) is 18.8. The van der Waals surface area contributed by atoms with Gasteiger partial charge in [-0.05, 0) is 32.0 Å². The second-order valence-electron chi connectivity index (χ2n) is 5.63. The molecule has 3 aromatic rings. The van der Waals surface area contributed by atoms with Crippen molar-refractivity contribution in [2.75, 3.05) is 5.32 Å². The molecule has 0 aliphatic carbocycles. The Morgan fingerprint density at radius 3 is 2.69 bits per heavy atom. The SMILES string of the molecule is Cc1occc1-c1nnc(SC(C)C(=O)Nc2ccc(F)c(F)c2)n1C. The summed E-state index contributed by atoms with van der Waals surface area (Å²) >= 11 is 1.21. The Kier molecular flexibility index (Phi) is 5.08. The molecule has 0 aliphatic rings. The number of amides is 1. The van der Waals surface area contributed by atoms with E-state index in [1.807, 2.05) is 6.92 Å². The first kappa shape index (κ1) is 18.1. The molecule has 9 heteroatoms. The summed E-state index contributed by atoms with van der Waals surface area (Å²) in [4.78, 5) is 12.3. The Bertz CT molecular complexity index is 954. The fourth-order valence-electron chi connectivity index (χ4n) is 2.30. The molecule has 1 unspecified atom stereocenters. The van der Waals surface area contributed by atoms with Crippen LogP contribution in [0.2, 0.25) is 0 Å². The summed E-state index contributed by atoms with van der Waals surface area (Å²) in [7, 11) is 1.80. The average molecular weight is 378 g/mol. The monoisotopic (exact) mass is 378 g/mol. The van der Waals surface area contributed by atoms with Crippen molar-refractivity contribution >= 4 is 23.4 Å². The maximum Gasteiger partial charge on any atom is 0.237 e.